The van der Waals surface area contributed by atoms with Gasteiger partial charge in [-0.05, 0) is 84.2 Å². The molecule has 0 spiro atoms. The molecular weight excluding hydrogens is 396 g/mol. The van der Waals surface area contributed by atoms with Crippen LogP contribution in [-0.2, 0) is 0 Å². The highest BCUT2D eigenvalue weighted by Crippen LogP contribution is 2.47. The minimum Gasteiger partial charge on any atom is -0.392 e. The minimum atomic E-state index is -0.389. The Bertz CT molecular complexity index is 578. The predicted molar refractivity (Wildman–Crippen MR) is 137 cm³/mol. The maximum Gasteiger partial charge on any atom is 0.0723 e. The van der Waals surface area contributed by atoms with Crippen LogP contribution in [0.2, 0.25) is 0 Å². The van der Waals surface area contributed by atoms with E-state index in [9.17, 15) is 10.2 Å². The van der Waals surface area contributed by atoms with Crippen molar-refractivity contribution < 1.29 is 10.2 Å². The van der Waals surface area contributed by atoms with Crippen LogP contribution in [0.4, 0.5) is 0 Å². The summed E-state index contributed by atoms with van der Waals surface area (Å²) in [7, 11) is 0. The van der Waals surface area contributed by atoms with Gasteiger partial charge in [0.05, 0.1) is 12.2 Å². The Morgan fingerprint density at radius 2 is 1.88 bits per heavy atom. The Hall–Kier alpha value is -0.680. The van der Waals surface area contributed by atoms with Gasteiger partial charge in [-0.1, -0.05) is 56.9 Å². The van der Waals surface area contributed by atoms with E-state index in [1.165, 1.54) is 31.3 Å². The second-order valence-corrected chi connectivity index (χ2v) is 11.1. The molecule has 0 unspecified atom stereocenters. The molecule has 4 nitrogen and oxygen atoms in total. The van der Waals surface area contributed by atoms with Crippen molar-refractivity contribution in [1.82, 2.24) is 10.2 Å². The lowest BCUT2D eigenvalue weighted by Crippen LogP contribution is -2.38. The molecular formula is C28H52N2O2. The Balaban J connectivity index is 1.73. The van der Waals surface area contributed by atoms with Gasteiger partial charge in [-0.25, -0.2) is 0 Å². The number of nitrogens with one attached hydrogen (secondary N) is 1. The molecule has 1 fully saturated rings. The lowest BCUT2D eigenvalue weighted by Gasteiger charge is -2.30. The van der Waals surface area contributed by atoms with Crippen molar-refractivity contribution in [2.24, 2.45) is 23.7 Å². The molecule has 6 atom stereocenters. The minimum absolute atomic E-state index is 0.181. The third kappa shape index (κ3) is 8.59. The first-order valence-corrected chi connectivity index (χ1v) is 13.4. The van der Waals surface area contributed by atoms with E-state index >= 15 is 0 Å². The van der Waals surface area contributed by atoms with Gasteiger partial charge in [-0.3, -0.25) is 4.90 Å². The van der Waals surface area contributed by atoms with Gasteiger partial charge in [-0.15, -0.1) is 0 Å². The van der Waals surface area contributed by atoms with Crippen LogP contribution in [0.1, 0.15) is 86.5 Å². The predicted octanol–water partition coefficient (Wildman–Crippen LogP) is 5.16. The molecule has 0 bridgehead atoms. The molecule has 2 aliphatic carbocycles. The summed E-state index contributed by atoms with van der Waals surface area (Å²) in [6, 6.07) is 1.20. The molecule has 0 amide bonds. The van der Waals surface area contributed by atoms with Crippen LogP contribution in [-0.4, -0.2) is 59.0 Å². The summed E-state index contributed by atoms with van der Waals surface area (Å²) < 4.78 is 0. The van der Waals surface area contributed by atoms with Crippen molar-refractivity contribution in [2.45, 2.75) is 111 Å². The Morgan fingerprint density at radius 1 is 1.16 bits per heavy atom. The van der Waals surface area contributed by atoms with Crippen molar-refractivity contribution >= 4 is 0 Å². The summed E-state index contributed by atoms with van der Waals surface area (Å²) in [6.07, 6.45) is 13.4. The second kappa shape index (κ2) is 13.9. The molecule has 0 aliphatic heterocycles. The topological polar surface area (TPSA) is 55.7 Å². The van der Waals surface area contributed by atoms with Gasteiger partial charge in [0.2, 0.25) is 0 Å². The highest BCUT2D eigenvalue weighted by atomic mass is 16.3. The molecule has 4 heteroatoms. The van der Waals surface area contributed by atoms with Gasteiger partial charge in [0, 0.05) is 24.5 Å². The standard InChI is InChI=1S/C28H52N2O2/c1-7-8-10-22(6)15-25(31)11-12-26-27-17-23(16-24(27)18-28(26)32)19-29-13-9-14-30(20(2)3)21(4)5/h11-12,16,20-22,24-29,31-32H,7-10,13-15,17-19H2,1-6H3/b12-11+/t22-,24-,25+,26+,27-,28+/m0/s1. The summed E-state index contributed by atoms with van der Waals surface area (Å²) in [4.78, 5) is 2.55. The van der Waals surface area contributed by atoms with Gasteiger partial charge in [0.15, 0.2) is 0 Å². The highest BCUT2D eigenvalue weighted by molar-refractivity contribution is 5.22. The molecule has 0 heterocycles. The average Bonchev–Trinajstić information content (AvgIpc) is 3.23. The number of hydrogen-bond acceptors (Lipinski definition) is 4. The summed E-state index contributed by atoms with van der Waals surface area (Å²) in [6.45, 7) is 16.7. The Kier molecular flexibility index (Phi) is 12.0. The summed E-state index contributed by atoms with van der Waals surface area (Å²) in [5, 5.41) is 24.7. The van der Waals surface area contributed by atoms with E-state index in [1.807, 2.05) is 6.08 Å². The van der Waals surface area contributed by atoms with E-state index in [4.69, 9.17) is 0 Å². The van der Waals surface area contributed by atoms with Crippen LogP contribution in [0.15, 0.2) is 23.8 Å². The zero-order chi connectivity index (χ0) is 23.7. The van der Waals surface area contributed by atoms with E-state index in [0.29, 0.717) is 29.8 Å². The van der Waals surface area contributed by atoms with Crippen molar-refractivity contribution in [3.05, 3.63) is 23.8 Å². The molecule has 0 aromatic carbocycles. The van der Waals surface area contributed by atoms with Gasteiger partial charge >= 0.3 is 0 Å². The number of allylic oxidation sites excluding steroid dienone is 1. The van der Waals surface area contributed by atoms with E-state index in [-0.39, 0.29) is 18.1 Å². The maximum absolute atomic E-state index is 10.6. The fourth-order valence-corrected chi connectivity index (χ4v) is 5.90. The van der Waals surface area contributed by atoms with E-state index < -0.39 is 0 Å². The van der Waals surface area contributed by atoms with Crippen molar-refractivity contribution in [3.63, 3.8) is 0 Å². The number of hydrogen-bond donors (Lipinski definition) is 3. The van der Waals surface area contributed by atoms with Crippen LogP contribution in [0.25, 0.3) is 0 Å². The zero-order valence-electron chi connectivity index (χ0n) is 21.8. The molecule has 0 saturated heterocycles. The van der Waals surface area contributed by atoms with Crippen LogP contribution in [0.5, 0.6) is 0 Å². The largest absolute Gasteiger partial charge is 0.392 e. The van der Waals surface area contributed by atoms with E-state index in [2.05, 4.69) is 63.9 Å². The van der Waals surface area contributed by atoms with Gasteiger partial charge in [0.25, 0.3) is 0 Å². The summed E-state index contributed by atoms with van der Waals surface area (Å²) in [5.74, 6) is 1.73. The van der Waals surface area contributed by atoms with Crippen LogP contribution < -0.4 is 5.32 Å². The molecule has 2 rings (SSSR count). The SMILES string of the molecule is CCCC[C@H](C)C[C@H](O)/C=C/[C@@H]1[C@H]2CC(CNCCCN(C(C)C)C(C)C)=C[C@H]2C[C@H]1O. The second-order valence-electron chi connectivity index (χ2n) is 11.1. The van der Waals surface area contributed by atoms with Crippen molar-refractivity contribution in [2.75, 3.05) is 19.6 Å². The number of nitrogens with zero attached hydrogens (tertiary/aromatic N) is 1. The summed E-state index contributed by atoms with van der Waals surface area (Å²) in [5.41, 5.74) is 1.50. The zero-order valence-corrected chi connectivity index (χ0v) is 21.8. The normalized spacial score (nSPS) is 27.7. The molecule has 0 aromatic heterocycles. The van der Waals surface area contributed by atoms with Crippen molar-refractivity contribution in [1.29, 1.82) is 0 Å². The Labute approximate surface area is 198 Å². The molecule has 0 radical (unpaired) electrons. The lowest BCUT2D eigenvalue weighted by molar-refractivity contribution is 0.139. The first-order chi connectivity index (χ1) is 15.2. The molecule has 32 heavy (non-hydrogen) atoms. The van der Waals surface area contributed by atoms with Gasteiger partial charge in [-0.2, -0.15) is 0 Å². The van der Waals surface area contributed by atoms with E-state index in [1.54, 1.807) is 0 Å². The molecule has 1 saturated carbocycles. The summed E-state index contributed by atoms with van der Waals surface area (Å²) >= 11 is 0. The fourth-order valence-electron chi connectivity index (χ4n) is 5.90. The average molecular weight is 449 g/mol. The van der Waals surface area contributed by atoms with Gasteiger partial charge in [0.1, 0.15) is 0 Å². The third-order valence-corrected chi connectivity index (χ3v) is 7.65. The highest BCUT2D eigenvalue weighted by Gasteiger charge is 2.43. The molecule has 186 valence electrons. The van der Waals surface area contributed by atoms with E-state index in [0.717, 1.165) is 38.9 Å². The smallest absolute Gasteiger partial charge is 0.0723 e. The number of fused-ring (bicyclic) bond motifs is 1. The third-order valence-electron chi connectivity index (χ3n) is 7.65. The number of unbranched alkanes of at least 4 members (excludes halogenated alkanes) is 1. The number of rotatable bonds is 15. The monoisotopic (exact) mass is 448 g/mol. The number of aliphatic hydroxyl groups is 2. The molecule has 0 aromatic rings. The van der Waals surface area contributed by atoms with Crippen LogP contribution in [0.3, 0.4) is 0 Å². The van der Waals surface area contributed by atoms with Crippen LogP contribution in [0, 0.1) is 23.7 Å². The maximum atomic E-state index is 10.6. The Morgan fingerprint density at radius 3 is 2.53 bits per heavy atom. The molecule has 2 aliphatic rings. The fraction of sp³-hybridized carbons (Fsp3) is 0.857. The number of aliphatic hydroxyl groups excluding tert-OH is 2. The van der Waals surface area contributed by atoms with Crippen LogP contribution >= 0.6 is 0 Å². The quantitative estimate of drug-likeness (QED) is 0.239. The van der Waals surface area contributed by atoms with Gasteiger partial charge < -0.3 is 15.5 Å². The first kappa shape index (κ1) is 27.6. The van der Waals surface area contributed by atoms with Crippen molar-refractivity contribution in [3.8, 4) is 0 Å². The lowest BCUT2D eigenvalue weighted by atomic mass is 9.88. The first-order valence-electron chi connectivity index (χ1n) is 13.4. The molecule has 3 N–H and O–H groups in total.